The molecule has 3 rings (SSSR count). The molecule has 0 radical (unpaired) electrons. The van der Waals surface area contributed by atoms with Crippen molar-refractivity contribution >= 4 is 32.9 Å². The van der Waals surface area contributed by atoms with Crippen LogP contribution in [0.2, 0.25) is 0 Å². The third kappa shape index (κ3) is 4.51. The summed E-state index contributed by atoms with van der Waals surface area (Å²) in [6.45, 7) is 6.38. The van der Waals surface area contributed by atoms with Crippen LogP contribution in [0.15, 0.2) is 47.8 Å². The Balaban J connectivity index is 1.87. The average Bonchev–Trinajstić information content (AvgIpc) is 3.08. The molecule has 0 saturated heterocycles. The molecule has 0 aliphatic rings. The van der Waals surface area contributed by atoms with E-state index in [9.17, 15) is 18.0 Å². The van der Waals surface area contributed by atoms with Gasteiger partial charge in [0.25, 0.3) is 11.8 Å². The van der Waals surface area contributed by atoms with Gasteiger partial charge < -0.3 is 10.6 Å². The first-order valence-electron chi connectivity index (χ1n) is 9.45. The van der Waals surface area contributed by atoms with Gasteiger partial charge in [0.15, 0.2) is 5.69 Å². The number of amides is 2. The van der Waals surface area contributed by atoms with Crippen molar-refractivity contribution in [2.24, 2.45) is 5.92 Å². The third-order valence-electron chi connectivity index (χ3n) is 4.47. The lowest BCUT2D eigenvalue weighted by atomic mass is 10.1. The zero-order valence-corrected chi connectivity index (χ0v) is 18.1. The number of nitrogens with zero attached hydrogens (tertiary/aromatic N) is 2. The number of carbonyl (C=O) groups excluding carboxylic acids is 2. The lowest BCUT2D eigenvalue weighted by Gasteiger charge is -2.11. The number of aromatic nitrogens is 2. The summed E-state index contributed by atoms with van der Waals surface area (Å²) in [7, 11) is -3.62. The number of benzene rings is 1. The van der Waals surface area contributed by atoms with Gasteiger partial charge in [-0.25, -0.2) is 13.4 Å². The fourth-order valence-corrected chi connectivity index (χ4v) is 3.74. The van der Waals surface area contributed by atoms with E-state index in [1.807, 2.05) is 13.8 Å². The molecule has 3 aromatic rings. The summed E-state index contributed by atoms with van der Waals surface area (Å²) in [5.41, 5.74) is 2.11. The number of aryl methyl sites for hydroxylation is 1. The van der Waals surface area contributed by atoms with Crippen molar-refractivity contribution in [1.82, 2.24) is 14.7 Å². The fraction of sp³-hybridized carbons (Fsp3) is 0.286. The second-order valence-electron chi connectivity index (χ2n) is 7.56. The number of pyridine rings is 1. The molecule has 158 valence electrons. The highest BCUT2D eigenvalue weighted by molar-refractivity contribution is 7.90. The highest BCUT2D eigenvalue weighted by Crippen LogP contribution is 2.21. The minimum absolute atomic E-state index is 0.00850. The predicted molar refractivity (Wildman–Crippen MR) is 115 cm³/mol. The topological polar surface area (TPSA) is 110 Å². The van der Waals surface area contributed by atoms with Gasteiger partial charge in [0.1, 0.15) is 0 Å². The largest absolute Gasteiger partial charge is 0.352 e. The molecule has 9 heteroatoms. The van der Waals surface area contributed by atoms with Crippen molar-refractivity contribution in [1.29, 1.82) is 0 Å². The molecule has 0 saturated carbocycles. The highest BCUT2D eigenvalue weighted by atomic mass is 32.2. The van der Waals surface area contributed by atoms with E-state index in [0.717, 1.165) is 6.26 Å². The normalized spacial score (nSPS) is 11.6. The molecule has 0 spiro atoms. The van der Waals surface area contributed by atoms with Crippen molar-refractivity contribution in [3.05, 3.63) is 59.4 Å². The van der Waals surface area contributed by atoms with E-state index in [4.69, 9.17) is 0 Å². The van der Waals surface area contributed by atoms with Crippen molar-refractivity contribution in [3.8, 4) is 0 Å². The van der Waals surface area contributed by atoms with Gasteiger partial charge in [-0.3, -0.25) is 14.0 Å². The van der Waals surface area contributed by atoms with E-state index in [1.54, 1.807) is 49.5 Å². The van der Waals surface area contributed by atoms with E-state index in [0.29, 0.717) is 34.8 Å². The van der Waals surface area contributed by atoms with Gasteiger partial charge in [0.05, 0.1) is 5.52 Å². The summed E-state index contributed by atoms with van der Waals surface area (Å²) >= 11 is 0. The number of rotatable bonds is 6. The summed E-state index contributed by atoms with van der Waals surface area (Å²) in [5, 5.41) is 5.41. The maximum atomic E-state index is 12.9. The summed E-state index contributed by atoms with van der Waals surface area (Å²) in [6, 6.07) is 9.97. The standard InChI is InChI=1S/C21H24N4O4S/c1-13(2)12-22-19(26)15-8-9-16(14(3)11-15)23-20(27)18-17-7-5-6-10-25(17)21(24-18)30(4,28)29/h5-11,13H,12H2,1-4H3,(H,22,26)(H,23,27). The van der Waals surface area contributed by atoms with Gasteiger partial charge in [-0.15, -0.1) is 0 Å². The molecule has 0 bridgehead atoms. The van der Waals surface area contributed by atoms with E-state index in [2.05, 4.69) is 15.6 Å². The first-order valence-corrected chi connectivity index (χ1v) is 11.3. The lowest BCUT2D eigenvalue weighted by molar-refractivity contribution is 0.0948. The molecule has 0 fully saturated rings. The average molecular weight is 429 g/mol. The van der Waals surface area contributed by atoms with Crippen molar-refractivity contribution in [3.63, 3.8) is 0 Å². The van der Waals surface area contributed by atoms with E-state index < -0.39 is 15.7 Å². The van der Waals surface area contributed by atoms with Crippen LogP contribution >= 0.6 is 0 Å². The number of imidazole rings is 1. The Morgan fingerprint density at radius 1 is 1.13 bits per heavy atom. The van der Waals surface area contributed by atoms with E-state index >= 15 is 0 Å². The fourth-order valence-electron chi connectivity index (χ4n) is 2.96. The van der Waals surface area contributed by atoms with Crippen molar-refractivity contribution in [2.45, 2.75) is 25.9 Å². The molecule has 0 aliphatic carbocycles. The Morgan fingerprint density at radius 2 is 1.87 bits per heavy atom. The molecular weight excluding hydrogens is 404 g/mol. The van der Waals surface area contributed by atoms with Gasteiger partial charge >= 0.3 is 0 Å². The Kier molecular flexibility index (Phi) is 5.93. The van der Waals surface area contributed by atoms with E-state index in [-0.39, 0.29) is 16.8 Å². The number of hydrogen-bond donors (Lipinski definition) is 2. The van der Waals surface area contributed by atoms with Crippen molar-refractivity contribution < 1.29 is 18.0 Å². The van der Waals surface area contributed by atoms with Crippen LogP contribution in [0.4, 0.5) is 5.69 Å². The first kappa shape index (κ1) is 21.5. The number of anilines is 1. The summed E-state index contributed by atoms with van der Waals surface area (Å²) < 4.78 is 25.5. The molecule has 0 unspecified atom stereocenters. The van der Waals surface area contributed by atoms with Gasteiger partial charge in [-0.05, 0) is 48.7 Å². The number of fused-ring (bicyclic) bond motifs is 1. The van der Waals surface area contributed by atoms with Crippen LogP contribution in [0.1, 0.15) is 40.3 Å². The smallest absolute Gasteiger partial charge is 0.276 e. The molecule has 0 aliphatic heterocycles. The van der Waals surface area contributed by atoms with Crippen LogP contribution in [0.3, 0.4) is 0 Å². The monoisotopic (exact) mass is 428 g/mol. The number of nitrogens with one attached hydrogen (secondary N) is 2. The summed E-state index contributed by atoms with van der Waals surface area (Å²) in [5.74, 6) is -0.369. The Morgan fingerprint density at radius 3 is 2.50 bits per heavy atom. The van der Waals surface area contributed by atoms with Gasteiger partial charge in [-0.2, -0.15) is 0 Å². The van der Waals surface area contributed by atoms with Gasteiger partial charge in [-0.1, -0.05) is 19.9 Å². The molecule has 30 heavy (non-hydrogen) atoms. The molecule has 2 amide bonds. The maximum Gasteiger partial charge on any atom is 0.276 e. The molecular formula is C21H24N4O4S. The number of sulfone groups is 1. The molecule has 2 N–H and O–H groups in total. The minimum Gasteiger partial charge on any atom is -0.352 e. The van der Waals surface area contributed by atoms with Crippen LogP contribution in [-0.2, 0) is 9.84 Å². The number of hydrogen-bond acceptors (Lipinski definition) is 5. The van der Waals surface area contributed by atoms with Gasteiger partial charge in [0, 0.05) is 30.2 Å². The third-order valence-corrected chi connectivity index (χ3v) is 5.42. The lowest BCUT2D eigenvalue weighted by Crippen LogP contribution is -2.27. The molecule has 2 heterocycles. The molecule has 2 aromatic heterocycles. The predicted octanol–water partition coefficient (Wildman–Crippen LogP) is 2.68. The zero-order chi connectivity index (χ0) is 22.1. The zero-order valence-electron chi connectivity index (χ0n) is 17.3. The van der Waals surface area contributed by atoms with Crippen LogP contribution < -0.4 is 10.6 Å². The van der Waals surface area contributed by atoms with Crippen LogP contribution in [0.25, 0.3) is 5.52 Å². The SMILES string of the molecule is Cc1cc(C(=O)NCC(C)C)ccc1NC(=O)c1nc(S(C)(=O)=O)n2ccccc12. The maximum absolute atomic E-state index is 12.9. The summed E-state index contributed by atoms with van der Waals surface area (Å²) in [6.07, 6.45) is 2.59. The van der Waals surface area contributed by atoms with Crippen molar-refractivity contribution in [2.75, 3.05) is 18.1 Å². The molecule has 0 atom stereocenters. The van der Waals surface area contributed by atoms with Crippen LogP contribution in [-0.4, -0.2) is 42.4 Å². The summed E-state index contributed by atoms with van der Waals surface area (Å²) in [4.78, 5) is 29.2. The quantitative estimate of drug-likeness (QED) is 0.627. The highest BCUT2D eigenvalue weighted by Gasteiger charge is 2.23. The Bertz CT molecular complexity index is 1230. The van der Waals surface area contributed by atoms with Gasteiger partial charge in [0.2, 0.25) is 15.0 Å². The molecule has 1 aromatic carbocycles. The van der Waals surface area contributed by atoms with Crippen LogP contribution in [0, 0.1) is 12.8 Å². The second-order valence-corrected chi connectivity index (χ2v) is 9.47. The minimum atomic E-state index is -3.62. The Labute approximate surface area is 175 Å². The Hall–Kier alpha value is -3.20. The van der Waals surface area contributed by atoms with E-state index in [1.165, 1.54) is 4.40 Å². The number of carbonyl (C=O) groups is 2. The molecule has 8 nitrogen and oxygen atoms in total. The van der Waals surface area contributed by atoms with Crippen LogP contribution in [0.5, 0.6) is 0 Å². The first-order chi connectivity index (χ1) is 14.1. The second kappa shape index (κ2) is 8.27.